The summed E-state index contributed by atoms with van der Waals surface area (Å²) in [6, 6.07) is 0. The van der Waals surface area contributed by atoms with Gasteiger partial charge in [-0.05, 0) is 39.0 Å². The summed E-state index contributed by atoms with van der Waals surface area (Å²) < 4.78 is 0. The van der Waals surface area contributed by atoms with Crippen molar-refractivity contribution in [2.24, 2.45) is 5.92 Å². The molecule has 0 aromatic heterocycles. The molecule has 0 saturated carbocycles. The van der Waals surface area contributed by atoms with Crippen LogP contribution in [-0.2, 0) is 0 Å². The van der Waals surface area contributed by atoms with Crippen molar-refractivity contribution >= 4 is 0 Å². The van der Waals surface area contributed by atoms with Gasteiger partial charge in [-0.15, -0.1) is 0 Å². The Bertz CT molecular complexity index is 98.6. The van der Waals surface area contributed by atoms with E-state index in [1.807, 2.05) is 0 Å². The first-order valence-electron chi connectivity index (χ1n) is 4.11. The van der Waals surface area contributed by atoms with Crippen molar-refractivity contribution in [2.75, 3.05) is 0 Å². The van der Waals surface area contributed by atoms with Gasteiger partial charge in [-0.2, -0.15) is 0 Å². The summed E-state index contributed by atoms with van der Waals surface area (Å²) >= 11 is 0. The van der Waals surface area contributed by atoms with E-state index in [1.165, 1.54) is 18.4 Å². The molecule has 0 spiro atoms. The molecule has 0 rings (SSSR count). The van der Waals surface area contributed by atoms with Crippen LogP contribution in [0.1, 0.15) is 40.0 Å². The van der Waals surface area contributed by atoms with E-state index >= 15 is 0 Å². The second kappa shape index (κ2) is 5.52. The number of allylic oxidation sites excluding steroid dienone is 2. The van der Waals surface area contributed by atoms with Gasteiger partial charge in [0, 0.05) is 0 Å². The van der Waals surface area contributed by atoms with Crippen LogP contribution in [0, 0.1) is 12.8 Å². The number of hydrogen-bond acceptors (Lipinski definition) is 0. The maximum atomic E-state index is 3.78. The van der Waals surface area contributed by atoms with Crippen molar-refractivity contribution in [3.05, 3.63) is 18.6 Å². The van der Waals surface area contributed by atoms with Crippen molar-refractivity contribution in [1.29, 1.82) is 0 Å². The van der Waals surface area contributed by atoms with E-state index in [1.54, 1.807) is 0 Å². The van der Waals surface area contributed by atoms with Gasteiger partial charge in [0.15, 0.2) is 0 Å². The Morgan fingerprint density at radius 3 is 2.50 bits per heavy atom. The highest BCUT2D eigenvalue weighted by molar-refractivity contribution is 4.98. The molecule has 0 heteroatoms. The standard InChI is InChI=1S/C10H19/c1-5-6-10(4)8-7-9(2)3/h6,9H,1,5,7-8H2,2-4H3. The van der Waals surface area contributed by atoms with E-state index in [2.05, 4.69) is 33.8 Å². The molecule has 0 nitrogen and oxygen atoms in total. The molecule has 1 radical (unpaired) electrons. The molecule has 0 aliphatic rings. The van der Waals surface area contributed by atoms with E-state index in [4.69, 9.17) is 0 Å². The summed E-state index contributed by atoms with van der Waals surface area (Å²) in [6.07, 6.45) is 5.70. The average Bonchev–Trinajstić information content (AvgIpc) is 1.85. The topological polar surface area (TPSA) is 0 Å². The fourth-order valence-corrected chi connectivity index (χ4v) is 0.865. The lowest BCUT2D eigenvalue weighted by molar-refractivity contribution is 0.584. The van der Waals surface area contributed by atoms with Crippen LogP contribution in [0.25, 0.3) is 0 Å². The summed E-state index contributed by atoms with van der Waals surface area (Å²) in [5, 5.41) is 0. The Morgan fingerprint density at radius 1 is 1.50 bits per heavy atom. The van der Waals surface area contributed by atoms with E-state index in [0.29, 0.717) is 0 Å². The van der Waals surface area contributed by atoms with E-state index in [9.17, 15) is 0 Å². The van der Waals surface area contributed by atoms with Gasteiger partial charge in [-0.3, -0.25) is 0 Å². The second-order valence-corrected chi connectivity index (χ2v) is 3.27. The Hall–Kier alpha value is -0.260. The largest absolute Gasteiger partial charge is 0.0856 e. The third-order valence-corrected chi connectivity index (χ3v) is 1.61. The van der Waals surface area contributed by atoms with Crippen molar-refractivity contribution in [1.82, 2.24) is 0 Å². The molecule has 0 aromatic carbocycles. The second-order valence-electron chi connectivity index (χ2n) is 3.27. The van der Waals surface area contributed by atoms with Crippen LogP contribution in [0.15, 0.2) is 11.6 Å². The van der Waals surface area contributed by atoms with E-state index in [0.717, 1.165) is 12.3 Å². The van der Waals surface area contributed by atoms with Gasteiger partial charge >= 0.3 is 0 Å². The minimum atomic E-state index is 0.827. The molecule has 0 N–H and O–H groups in total. The first kappa shape index (κ1) is 9.74. The molecule has 0 amide bonds. The van der Waals surface area contributed by atoms with E-state index in [-0.39, 0.29) is 0 Å². The van der Waals surface area contributed by atoms with Crippen LogP contribution in [0.2, 0.25) is 0 Å². The fraction of sp³-hybridized carbons (Fsp3) is 0.700. The Labute approximate surface area is 65.3 Å². The molecule has 0 fully saturated rings. The van der Waals surface area contributed by atoms with Crippen LogP contribution >= 0.6 is 0 Å². The predicted molar refractivity (Wildman–Crippen MR) is 47.8 cm³/mol. The molecule has 0 bridgehead atoms. The fourth-order valence-electron chi connectivity index (χ4n) is 0.865. The quantitative estimate of drug-likeness (QED) is 0.522. The van der Waals surface area contributed by atoms with Crippen molar-refractivity contribution in [2.45, 2.75) is 40.0 Å². The van der Waals surface area contributed by atoms with Crippen LogP contribution in [0.5, 0.6) is 0 Å². The predicted octanol–water partition coefficient (Wildman–Crippen LogP) is 3.59. The number of rotatable bonds is 4. The van der Waals surface area contributed by atoms with Gasteiger partial charge in [0.2, 0.25) is 0 Å². The first-order valence-corrected chi connectivity index (χ1v) is 4.11. The molecule has 10 heavy (non-hydrogen) atoms. The van der Waals surface area contributed by atoms with Gasteiger partial charge in [-0.25, -0.2) is 0 Å². The molecule has 0 saturated heterocycles. The third-order valence-electron chi connectivity index (χ3n) is 1.61. The molecule has 0 aliphatic heterocycles. The van der Waals surface area contributed by atoms with Crippen LogP contribution < -0.4 is 0 Å². The monoisotopic (exact) mass is 139 g/mol. The van der Waals surface area contributed by atoms with Gasteiger partial charge in [0.05, 0.1) is 0 Å². The highest BCUT2D eigenvalue weighted by Crippen LogP contribution is 2.10. The minimum absolute atomic E-state index is 0.827. The Balaban J connectivity index is 3.39. The summed E-state index contributed by atoms with van der Waals surface area (Å²) in [7, 11) is 0. The third kappa shape index (κ3) is 5.87. The minimum Gasteiger partial charge on any atom is -0.0856 e. The molecular weight excluding hydrogens is 120 g/mol. The lowest BCUT2D eigenvalue weighted by Gasteiger charge is -2.03. The summed E-state index contributed by atoms with van der Waals surface area (Å²) in [4.78, 5) is 0. The molecular formula is C10H19. The SMILES string of the molecule is [CH2]CC=C(C)CCC(C)C. The molecule has 0 aromatic rings. The normalized spacial score (nSPS) is 12.7. The van der Waals surface area contributed by atoms with Crippen molar-refractivity contribution in [3.8, 4) is 0 Å². The molecule has 0 unspecified atom stereocenters. The van der Waals surface area contributed by atoms with Gasteiger partial charge in [0.25, 0.3) is 0 Å². The zero-order valence-corrected chi connectivity index (χ0v) is 7.48. The Morgan fingerprint density at radius 2 is 2.10 bits per heavy atom. The summed E-state index contributed by atoms with van der Waals surface area (Å²) in [5.74, 6) is 0.827. The van der Waals surface area contributed by atoms with E-state index < -0.39 is 0 Å². The van der Waals surface area contributed by atoms with Crippen LogP contribution in [0.3, 0.4) is 0 Å². The Kier molecular flexibility index (Phi) is 5.38. The molecule has 0 heterocycles. The highest BCUT2D eigenvalue weighted by atomic mass is 14.0. The highest BCUT2D eigenvalue weighted by Gasteiger charge is 1.93. The van der Waals surface area contributed by atoms with Crippen LogP contribution in [0.4, 0.5) is 0 Å². The smallest absolute Gasteiger partial charge is 0.0321 e. The lowest BCUT2D eigenvalue weighted by atomic mass is 10.0. The maximum Gasteiger partial charge on any atom is -0.0321 e. The molecule has 0 aliphatic carbocycles. The van der Waals surface area contributed by atoms with Gasteiger partial charge in [0.1, 0.15) is 0 Å². The number of hydrogen-bond donors (Lipinski definition) is 0. The molecule has 59 valence electrons. The summed E-state index contributed by atoms with van der Waals surface area (Å²) in [6.45, 7) is 10.5. The maximum absolute atomic E-state index is 3.78. The van der Waals surface area contributed by atoms with Crippen molar-refractivity contribution in [3.63, 3.8) is 0 Å². The van der Waals surface area contributed by atoms with Gasteiger partial charge < -0.3 is 0 Å². The average molecular weight is 139 g/mol. The summed E-state index contributed by atoms with van der Waals surface area (Å²) in [5.41, 5.74) is 1.49. The zero-order valence-electron chi connectivity index (χ0n) is 7.48. The molecule has 0 atom stereocenters. The zero-order chi connectivity index (χ0) is 7.98. The van der Waals surface area contributed by atoms with Crippen LogP contribution in [-0.4, -0.2) is 0 Å². The lowest BCUT2D eigenvalue weighted by Crippen LogP contribution is -1.87. The van der Waals surface area contributed by atoms with Gasteiger partial charge in [-0.1, -0.05) is 25.5 Å². The van der Waals surface area contributed by atoms with Crippen molar-refractivity contribution < 1.29 is 0 Å². The first-order chi connectivity index (χ1) is 4.66.